The molecule has 0 bridgehead atoms. The van der Waals surface area contributed by atoms with E-state index in [1.807, 2.05) is 12.1 Å². The van der Waals surface area contributed by atoms with Gasteiger partial charge in [0.25, 0.3) is 0 Å². The highest BCUT2D eigenvalue weighted by molar-refractivity contribution is 5.22. The highest BCUT2D eigenvalue weighted by Crippen LogP contribution is 2.46. The lowest BCUT2D eigenvalue weighted by molar-refractivity contribution is 0.202. The zero-order valence-corrected chi connectivity index (χ0v) is 10.5. The second kappa shape index (κ2) is 4.63. The van der Waals surface area contributed by atoms with Gasteiger partial charge in [-0.15, -0.1) is 0 Å². The summed E-state index contributed by atoms with van der Waals surface area (Å²) in [7, 11) is 0. The number of nitrogens with one attached hydrogen (secondary N) is 1. The van der Waals surface area contributed by atoms with Crippen molar-refractivity contribution in [3.05, 3.63) is 35.6 Å². The first kappa shape index (κ1) is 12.1. The molecule has 1 unspecified atom stereocenters. The summed E-state index contributed by atoms with van der Waals surface area (Å²) >= 11 is 0. The van der Waals surface area contributed by atoms with Crippen molar-refractivity contribution < 1.29 is 9.50 Å². The summed E-state index contributed by atoms with van der Waals surface area (Å²) in [6.45, 7) is 1.16. The lowest BCUT2D eigenvalue weighted by Crippen LogP contribution is -2.31. The molecule has 0 heterocycles. The fourth-order valence-electron chi connectivity index (χ4n) is 2.55. The maximum Gasteiger partial charge on any atom is 0.123 e. The van der Waals surface area contributed by atoms with Gasteiger partial charge in [0.2, 0.25) is 0 Å². The quantitative estimate of drug-likeness (QED) is 0.812. The van der Waals surface area contributed by atoms with Crippen molar-refractivity contribution >= 4 is 0 Å². The van der Waals surface area contributed by atoms with Crippen LogP contribution in [0.2, 0.25) is 0 Å². The maximum absolute atomic E-state index is 13.0. The largest absolute Gasteiger partial charge is 0.396 e. The first-order chi connectivity index (χ1) is 8.72. The van der Waals surface area contributed by atoms with Crippen LogP contribution in [0.15, 0.2) is 24.3 Å². The van der Waals surface area contributed by atoms with Crippen molar-refractivity contribution in [1.82, 2.24) is 5.32 Å². The molecule has 2 aliphatic carbocycles. The Hall–Kier alpha value is -0.930. The molecule has 2 aliphatic rings. The normalized spacial score (nSPS) is 22.8. The van der Waals surface area contributed by atoms with E-state index in [0.29, 0.717) is 12.0 Å². The van der Waals surface area contributed by atoms with E-state index in [4.69, 9.17) is 0 Å². The van der Waals surface area contributed by atoms with Gasteiger partial charge in [-0.05, 0) is 49.3 Å². The summed E-state index contributed by atoms with van der Waals surface area (Å²) < 4.78 is 13.0. The average Bonchev–Trinajstić information content (AvgIpc) is 3.27. The molecule has 18 heavy (non-hydrogen) atoms. The van der Waals surface area contributed by atoms with Crippen LogP contribution in [0.1, 0.15) is 37.3 Å². The maximum atomic E-state index is 13.0. The van der Waals surface area contributed by atoms with E-state index in [1.54, 1.807) is 0 Å². The summed E-state index contributed by atoms with van der Waals surface area (Å²) in [6, 6.07) is 7.15. The van der Waals surface area contributed by atoms with Gasteiger partial charge in [-0.1, -0.05) is 12.1 Å². The van der Waals surface area contributed by atoms with Crippen molar-refractivity contribution in [1.29, 1.82) is 0 Å². The van der Waals surface area contributed by atoms with E-state index in [-0.39, 0.29) is 17.8 Å². The Bertz CT molecular complexity index is 409. The molecule has 1 aromatic rings. The Labute approximate surface area is 107 Å². The van der Waals surface area contributed by atoms with Crippen LogP contribution < -0.4 is 5.32 Å². The standard InChI is InChI=1S/C15H20FNO/c16-13-5-3-12(4-6-13)14(11-1-2-11)17-9-15(10-18)7-8-15/h3-6,11,14,17-18H,1-2,7-10H2. The van der Waals surface area contributed by atoms with Crippen molar-refractivity contribution in [3.8, 4) is 0 Å². The molecule has 98 valence electrons. The molecule has 0 radical (unpaired) electrons. The second-order valence-corrected chi connectivity index (χ2v) is 5.91. The monoisotopic (exact) mass is 249 g/mol. The van der Waals surface area contributed by atoms with E-state index in [0.717, 1.165) is 19.4 Å². The minimum absolute atomic E-state index is 0.132. The van der Waals surface area contributed by atoms with E-state index >= 15 is 0 Å². The van der Waals surface area contributed by atoms with Gasteiger partial charge in [-0.3, -0.25) is 0 Å². The lowest BCUT2D eigenvalue weighted by Gasteiger charge is -2.22. The summed E-state index contributed by atoms with van der Waals surface area (Å²) in [5, 5.41) is 12.9. The second-order valence-electron chi connectivity index (χ2n) is 5.91. The predicted molar refractivity (Wildman–Crippen MR) is 68.6 cm³/mol. The molecular formula is C15H20FNO. The molecule has 3 rings (SSSR count). The molecule has 0 spiro atoms. The number of hydrogen-bond donors (Lipinski definition) is 2. The Morgan fingerprint density at radius 2 is 1.94 bits per heavy atom. The van der Waals surface area contributed by atoms with Gasteiger partial charge in [0, 0.05) is 24.6 Å². The highest BCUT2D eigenvalue weighted by atomic mass is 19.1. The molecule has 2 N–H and O–H groups in total. The third-order valence-corrected chi connectivity index (χ3v) is 4.31. The van der Waals surface area contributed by atoms with Gasteiger partial charge >= 0.3 is 0 Å². The smallest absolute Gasteiger partial charge is 0.123 e. The fraction of sp³-hybridized carbons (Fsp3) is 0.600. The number of benzene rings is 1. The third-order valence-electron chi connectivity index (χ3n) is 4.31. The minimum Gasteiger partial charge on any atom is -0.396 e. The van der Waals surface area contributed by atoms with Gasteiger partial charge in [0.15, 0.2) is 0 Å². The molecule has 2 nitrogen and oxygen atoms in total. The first-order valence-corrected chi connectivity index (χ1v) is 6.82. The van der Waals surface area contributed by atoms with Crippen molar-refractivity contribution in [2.45, 2.75) is 31.7 Å². The van der Waals surface area contributed by atoms with Crippen LogP contribution in [-0.4, -0.2) is 18.3 Å². The van der Waals surface area contributed by atoms with Crippen molar-refractivity contribution in [2.75, 3.05) is 13.2 Å². The molecule has 2 fully saturated rings. The SMILES string of the molecule is OCC1(CNC(c2ccc(F)cc2)C2CC2)CC1. The van der Waals surface area contributed by atoms with Gasteiger partial charge in [-0.25, -0.2) is 4.39 Å². The van der Waals surface area contributed by atoms with E-state index in [2.05, 4.69) is 5.32 Å². The van der Waals surface area contributed by atoms with Crippen LogP contribution in [0.5, 0.6) is 0 Å². The van der Waals surface area contributed by atoms with E-state index in [1.165, 1.54) is 30.5 Å². The van der Waals surface area contributed by atoms with Crippen LogP contribution in [0.4, 0.5) is 4.39 Å². The zero-order valence-electron chi connectivity index (χ0n) is 10.5. The molecule has 0 saturated heterocycles. The van der Waals surface area contributed by atoms with Gasteiger partial charge in [0.05, 0.1) is 0 Å². The topological polar surface area (TPSA) is 32.3 Å². The summed E-state index contributed by atoms with van der Waals surface area (Å²) in [6.07, 6.45) is 4.75. The molecular weight excluding hydrogens is 229 g/mol. The van der Waals surface area contributed by atoms with E-state index in [9.17, 15) is 9.50 Å². The van der Waals surface area contributed by atoms with Crippen LogP contribution >= 0.6 is 0 Å². The average molecular weight is 249 g/mol. The molecule has 1 aromatic carbocycles. The molecule has 0 aliphatic heterocycles. The van der Waals surface area contributed by atoms with Crippen LogP contribution in [0.3, 0.4) is 0 Å². The number of halogens is 1. The van der Waals surface area contributed by atoms with Crippen LogP contribution in [0.25, 0.3) is 0 Å². The lowest BCUT2D eigenvalue weighted by atomic mass is 10.0. The van der Waals surface area contributed by atoms with Crippen molar-refractivity contribution in [2.24, 2.45) is 11.3 Å². The Balaban J connectivity index is 1.66. The molecule has 3 heteroatoms. The molecule has 0 aromatic heterocycles. The summed E-state index contributed by atoms with van der Waals surface area (Å²) in [5.41, 5.74) is 1.31. The summed E-state index contributed by atoms with van der Waals surface area (Å²) in [4.78, 5) is 0. The molecule has 1 atom stereocenters. The minimum atomic E-state index is -0.178. The Morgan fingerprint density at radius 1 is 1.28 bits per heavy atom. The van der Waals surface area contributed by atoms with Gasteiger partial charge < -0.3 is 10.4 Å². The Morgan fingerprint density at radius 3 is 2.44 bits per heavy atom. The third kappa shape index (κ3) is 2.57. The number of hydrogen-bond acceptors (Lipinski definition) is 2. The number of aliphatic hydroxyl groups excluding tert-OH is 1. The first-order valence-electron chi connectivity index (χ1n) is 6.82. The molecule has 0 amide bonds. The highest BCUT2D eigenvalue weighted by Gasteiger charge is 2.43. The zero-order chi connectivity index (χ0) is 12.6. The Kier molecular flexibility index (Phi) is 3.12. The van der Waals surface area contributed by atoms with Gasteiger partial charge in [0.1, 0.15) is 5.82 Å². The van der Waals surface area contributed by atoms with E-state index < -0.39 is 0 Å². The van der Waals surface area contributed by atoms with Gasteiger partial charge in [-0.2, -0.15) is 0 Å². The fourth-order valence-corrected chi connectivity index (χ4v) is 2.55. The number of aliphatic hydroxyl groups is 1. The van der Waals surface area contributed by atoms with Crippen molar-refractivity contribution in [3.63, 3.8) is 0 Å². The van der Waals surface area contributed by atoms with Crippen LogP contribution in [0, 0.1) is 17.2 Å². The molecule has 2 saturated carbocycles. The summed E-state index contributed by atoms with van der Waals surface area (Å²) in [5.74, 6) is 0.507. The predicted octanol–water partition coefficient (Wildman–Crippen LogP) is 2.64. The number of rotatable bonds is 6. The van der Waals surface area contributed by atoms with Crippen LogP contribution in [-0.2, 0) is 0 Å².